The van der Waals surface area contributed by atoms with E-state index in [2.05, 4.69) is 27.8 Å². The second-order valence-corrected chi connectivity index (χ2v) is 6.89. The molecule has 2 rings (SSSR count). The fourth-order valence-electron chi connectivity index (χ4n) is 3.65. The summed E-state index contributed by atoms with van der Waals surface area (Å²) in [6.07, 6.45) is 9.85. The summed E-state index contributed by atoms with van der Waals surface area (Å²) in [5.41, 5.74) is 0.370. The lowest BCUT2D eigenvalue weighted by Gasteiger charge is -2.39. The second-order valence-electron chi connectivity index (χ2n) is 6.33. The molecule has 0 aromatic carbocycles. The number of rotatable bonds is 5. The molecule has 1 aliphatic heterocycles. The molecule has 1 atom stereocenters. The molecule has 2 nitrogen and oxygen atoms in total. The number of hydrogen-bond donors (Lipinski definition) is 0. The molecule has 1 aliphatic carbocycles. The molecule has 3 heteroatoms. The van der Waals surface area contributed by atoms with Gasteiger partial charge in [-0.3, -0.25) is 4.79 Å². The topological polar surface area (TPSA) is 20.3 Å². The van der Waals surface area contributed by atoms with Gasteiger partial charge in [0.15, 0.2) is 0 Å². The molecule has 2 aliphatic rings. The zero-order chi connectivity index (χ0) is 13.0. The summed E-state index contributed by atoms with van der Waals surface area (Å²) in [6.45, 7) is 4.23. The summed E-state index contributed by atoms with van der Waals surface area (Å²) >= 11 is 3.70. The first-order chi connectivity index (χ1) is 8.69. The lowest BCUT2D eigenvalue weighted by molar-refractivity contribution is -0.129. The summed E-state index contributed by atoms with van der Waals surface area (Å²) < 4.78 is 0. The standard InChI is InChI=1S/C15H26BrNO/c1-2-6-13-9-14(18)17(10-13)12-15(11-16)7-4-3-5-8-15/h13H,2-12H2,1H3. The summed E-state index contributed by atoms with van der Waals surface area (Å²) in [4.78, 5) is 14.3. The molecule has 0 N–H and O–H groups in total. The maximum atomic E-state index is 12.1. The van der Waals surface area contributed by atoms with E-state index in [9.17, 15) is 4.79 Å². The highest BCUT2D eigenvalue weighted by Gasteiger charge is 2.37. The van der Waals surface area contributed by atoms with Crippen molar-refractivity contribution in [2.24, 2.45) is 11.3 Å². The van der Waals surface area contributed by atoms with Gasteiger partial charge in [0.25, 0.3) is 0 Å². The Hall–Kier alpha value is -0.0500. The Balaban J connectivity index is 1.93. The Morgan fingerprint density at radius 1 is 1.33 bits per heavy atom. The smallest absolute Gasteiger partial charge is 0.222 e. The monoisotopic (exact) mass is 315 g/mol. The van der Waals surface area contributed by atoms with Crippen molar-refractivity contribution in [3.05, 3.63) is 0 Å². The predicted molar refractivity (Wildman–Crippen MR) is 78.9 cm³/mol. The van der Waals surface area contributed by atoms with Gasteiger partial charge in [-0.1, -0.05) is 48.5 Å². The second kappa shape index (κ2) is 6.40. The molecular weight excluding hydrogens is 290 g/mol. The Kier molecular flexibility index (Phi) is 5.11. The largest absolute Gasteiger partial charge is 0.342 e. The van der Waals surface area contributed by atoms with Crippen LogP contribution < -0.4 is 0 Å². The highest BCUT2D eigenvalue weighted by molar-refractivity contribution is 9.09. The Morgan fingerprint density at radius 2 is 2.06 bits per heavy atom. The van der Waals surface area contributed by atoms with Crippen LogP contribution in [0.15, 0.2) is 0 Å². The van der Waals surface area contributed by atoms with Crippen LogP contribution in [0.25, 0.3) is 0 Å². The van der Waals surface area contributed by atoms with Crippen LogP contribution in [0.2, 0.25) is 0 Å². The van der Waals surface area contributed by atoms with Gasteiger partial charge in [0.2, 0.25) is 5.91 Å². The van der Waals surface area contributed by atoms with Crippen LogP contribution in [0.1, 0.15) is 58.3 Å². The molecule has 1 saturated carbocycles. The lowest BCUT2D eigenvalue weighted by Crippen LogP contribution is -2.41. The van der Waals surface area contributed by atoms with Gasteiger partial charge in [-0.15, -0.1) is 0 Å². The van der Waals surface area contributed by atoms with Crippen LogP contribution in [0, 0.1) is 11.3 Å². The fraction of sp³-hybridized carbons (Fsp3) is 0.933. The third-order valence-corrected chi connectivity index (χ3v) is 5.90. The SMILES string of the molecule is CCCC1CC(=O)N(CC2(CBr)CCCCC2)C1. The molecule has 1 heterocycles. The van der Waals surface area contributed by atoms with Crippen molar-refractivity contribution in [1.29, 1.82) is 0 Å². The van der Waals surface area contributed by atoms with E-state index in [0.29, 0.717) is 17.2 Å². The lowest BCUT2D eigenvalue weighted by atomic mass is 9.75. The number of carbonyl (C=O) groups excluding carboxylic acids is 1. The van der Waals surface area contributed by atoms with Crippen molar-refractivity contribution in [1.82, 2.24) is 4.90 Å². The third-order valence-electron chi connectivity index (χ3n) is 4.72. The van der Waals surface area contributed by atoms with Crippen molar-refractivity contribution in [3.63, 3.8) is 0 Å². The molecular formula is C15H26BrNO. The van der Waals surface area contributed by atoms with Gasteiger partial charge in [-0.25, -0.2) is 0 Å². The van der Waals surface area contributed by atoms with E-state index in [1.807, 2.05) is 0 Å². The molecule has 1 unspecified atom stereocenters. The Labute approximate surface area is 120 Å². The molecule has 2 fully saturated rings. The average Bonchev–Trinajstić information content (AvgIpc) is 2.71. The van der Waals surface area contributed by atoms with E-state index in [1.165, 1.54) is 44.9 Å². The quantitative estimate of drug-likeness (QED) is 0.703. The number of nitrogens with zero attached hydrogens (tertiary/aromatic N) is 1. The molecule has 0 aromatic heterocycles. The summed E-state index contributed by atoms with van der Waals surface area (Å²) in [6, 6.07) is 0. The van der Waals surface area contributed by atoms with E-state index in [0.717, 1.165) is 24.8 Å². The Bertz CT molecular complexity index is 286. The first kappa shape index (κ1) is 14.4. The minimum absolute atomic E-state index is 0.370. The zero-order valence-corrected chi connectivity index (χ0v) is 13.2. The van der Waals surface area contributed by atoms with Crippen molar-refractivity contribution in [2.45, 2.75) is 58.3 Å². The molecule has 0 aromatic rings. The van der Waals surface area contributed by atoms with Gasteiger partial charge in [0, 0.05) is 24.8 Å². The first-order valence-electron chi connectivity index (χ1n) is 7.53. The highest BCUT2D eigenvalue weighted by atomic mass is 79.9. The van der Waals surface area contributed by atoms with E-state index >= 15 is 0 Å². The van der Waals surface area contributed by atoms with Crippen LogP contribution in [-0.4, -0.2) is 29.2 Å². The van der Waals surface area contributed by atoms with Gasteiger partial charge >= 0.3 is 0 Å². The number of halogens is 1. The summed E-state index contributed by atoms with van der Waals surface area (Å²) in [7, 11) is 0. The molecule has 0 spiro atoms. The number of alkyl halides is 1. The predicted octanol–water partition coefficient (Wildman–Crippen LogP) is 3.98. The minimum Gasteiger partial charge on any atom is -0.342 e. The van der Waals surface area contributed by atoms with Crippen LogP contribution in [0.3, 0.4) is 0 Å². The van der Waals surface area contributed by atoms with E-state index in [4.69, 9.17) is 0 Å². The summed E-state index contributed by atoms with van der Waals surface area (Å²) in [5.74, 6) is 1.03. The average molecular weight is 316 g/mol. The van der Waals surface area contributed by atoms with Crippen molar-refractivity contribution >= 4 is 21.8 Å². The first-order valence-corrected chi connectivity index (χ1v) is 8.65. The van der Waals surface area contributed by atoms with E-state index < -0.39 is 0 Å². The van der Waals surface area contributed by atoms with E-state index in [1.54, 1.807) is 0 Å². The summed E-state index contributed by atoms with van der Waals surface area (Å²) in [5, 5.41) is 1.06. The van der Waals surface area contributed by atoms with Gasteiger partial charge in [0.05, 0.1) is 0 Å². The molecule has 0 radical (unpaired) electrons. The van der Waals surface area contributed by atoms with Crippen molar-refractivity contribution in [3.8, 4) is 0 Å². The molecule has 1 amide bonds. The van der Waals surface area contributed by atoms with Gasteiger partial charge in [-0.05, 0) is 30.6 Å². The van der Waals surface area contributed by atoms with Crippen LogP contribution in [0.4, 0.5) is 0 Å². The van der Waals surface area contributed by atoms with Gasteiger partial charge in [0.1, 0.15) is 0 Å². The number of amides is 1. The molecule has 104 valence electrons. The maximum Gasteiger partial charge on any atom is 0.222 e. The zero-order valence-electron chi connectivity index (χ0n) is 11.6. The maximum absolute atomic E-state index is 12.1. The number of carbonyl (C=O) groups is 1. The Morgan fingerprint density at radius 3 is 2.67 bits per heavy atom. The van der Waals surface area contributed by atoms with Crippen LogP contribution >= 0.6 is 15.9 Å². The third kappa shape index (κ3) is 3.28. The fourth-order valence-corrected chi connectivity index (χ4v) is 4.39. The molecule has 18 heavy (non-hydrogen) atoms. The van der Waals surface area contributed by atoms with Crippen molar-refractivity contribution < 1.29 is 4.79 Å². The van der Waals surface area contributed by atoms with E-state index in [-0.39, 0.29) is 0 Å². The van der Waals surface area contributed by atoms with Crippen LogP contribution in [0.5, 0.6) is 0 Å². The number of likely N-dealkylation sites (tertiary alicyclic amines) is 1. The van der Waals surface area contributed by atoms with Gasteiger partial charge in [-0.2, -0.15) is 0 Å². The normalized spacial score (nSPS) is 27.8. The minimum atomic E-state index is 0.370. The van der Waals surface area contributed by atoms with Crippen molar-refractivity contribution in [2.75, 3.05) is 18.4 Å². The molecule has 1 saturated heterocycles. The number of hydrogen-bond acceptors (Lipinski definition) is 1. The van der Waals surface area contributed by atoms with Crippen LogP contribution in [-0.2, 0) is 4.79 Å². The van der Waals surface area contributed by atoms with Gasteiger partial charge < -0.3 is 4.90 Å². The molecule has 0 bridgehead atoms. The highest BCUT2D eigenvalue weighted by Crippen LogP contribution is 2.39.